The van der Waals surface area contributed by atoms with Crippen molar-refractivity contribution in [2.75, 3.05) is 19.0 Å². The van der Waals surface area contributed by atoms with Gasteiger partial charge in [0, 0.05) is 51.3 Å². The van der Waals surface area contributed by atoms with Gasteiger partial charge in [-0.25, -0.2) is 0 Å². The molecule has 0 aliphatic rings. The normalized spacial score (nSPS) is 10.9. The van der Waals surface area contributed by atoms with Crippen LogP contribution in [0.1, 0.15) is 29.2 Å². The lowest BCUT2D eigenvalue weighted by atomic mass is 10.1. The number of aryl methyl sites for hydroxylation is 1. The molecule has 0 N–H and O–H groups in total. The number of carbonyl (C=O) groups excluding carboxylic acids is 1. The summed E-state index contributed by atoms with van der Waals surface area (Å²) in [7, 11) is 4.02. The minimum absolute atomic E-state index is 0.0184. The van der Waals surface area contributed by atoms with Crippen molar-refractivity contribution in [3.8, 4) is 0 Å². The highest BCUT2D eigenvalue weighted by Crippen LogP contribution is 2.15. The Labute approximate surface area is 179 Å². The average molecular weight is 400 g/mol. The lowest BCUT2D eigenvalue weighted by Crippen LogP contribution is -2.28. The highest BCUT2D eigenvalue weighted by Gasteiger charge is 2.12. The predicted molar refractivity (Wildman–Crippen MR) is 124 cm³/mol. The number of carbonyl (C=O) groups is 1. The Morgan fingerprint density at radius 3 is 2.17 bits per heavy atom. The molecule has 154 valence electrons. The Morgan fingerprint density at radius 1 is 0.900 bits per heavy atom. The van der Waals surface area contributed by atoms with E-state index in [1.54, 1.807) is 12.3 Å². The second kappa shape index (κ2) is 10.4. The summed E-state index contributed by atoms with van der Waals surface area (Å²) in [5.41, 5.74) is 5.56. The number of pyridine rings is 1. The van der Waals surface area contributed by atoms with Crippen molar-refractivity contribution in [3.63, 3.8) is 0 Å². The van der Waals surface area contributed by atoms with Gasteiger partial charge in [-0.2, -0.15) is 0 Å². The average Bonchev–Trinajstić information content (AvgIpc) is 2.78. The van der Waals surface area contributed by atoms with Crippen LogP contribution >= 0.6 is 0 Å². The Balaban J connectivity index is 1.76. The van der Waals surface area contributed by atoms with Crippen LogP contribution in [0.3, 0.4) is 0 Å². The van der Waals surface area contributed by atoms with E-state index in [9.17, 15) is 4.79 Å². The van der Waals surface area contributed by atoms with Gasteiger partial charge in [0.15, 0.2) is 0 Å². The zero-order valence-electron chi connectivity index (χ0n) is 18.0. The van der Waals surface area contributed by atoms with Crippen molar-refractivity contribution >= 4 is 17.7 Å². The first-order valence-corrected chi connectivity index (χ1v) is 10.3. The molecule has 0 unspecified atom stereocenters. The molecule has 0 spiro atoms. The van der Waals surface area contributed by atoms with Crippen LogP contribution < -0.4 is 4.90 Å². The summed E-state index contributed by atoms with van der Waals surface area (Å²) in [5.74, 6) is -0.0184. The maximum atomic E-state index is 13.0. The third kappa shape index (κ3) is 6.05. The van der Waals surface area contributed by atoms with Gasteiger partial charge in [0.25, 0.3) is 0 Å². The summed E-state index contributed by atoms with van der Waals surface area (Å²) in [4.78, 5) is 21.1. The Morgan fingerprint density at radius 2 is 1.57 bits per heavy atom. The molecule has 0 fully saturated rings. The molecule has 0 atom stereocenters. The van der Waals surface area contributed by atoms with Gasteiger partial charge in [-0.3, -0.25) is 9.78 Å². The third-order valence-electron chi connectivity index (χ3n) is 5.04. The Kier molecular flexibility index (Phi) is 7.39. The zero-order chi connectivity index (χ0) is 21.3. The van der Waals surface area contributed by atoms with Crippen molar-refractivity contribution in [2.24, 2.45) is 0 Å². The fourth-order valence-corrected chi connectivity index (χ4v) is 3.18. The van der Waals surface area contributed by atoms with E-state index in [-0.39, 0.29) is 5.91 Å². The van der Waals surface area contributed by atoms with Crippen LogP contribution in [0.15, 0.2) is 79.1 Å². The van der Waals surface area contributed by atoms with Crippen LogP contribution in [0.25, 0.3) is 6.08 Å². The van der Waals surface area contributed by atoms with Crippen LogP contribution in [-0.4, -0.2) is 29.9 Å². The molecule has 30 heavy (non-hydrogen) atoms. The smallest absolute Gasteiger partial charge is 0.247 e. The van der Waals surface area contributed by atoms with Crippen molar-refractivity contribution < 1.29 is 4.79 Å². The standard InChI is InChI=1S/C26H29N3O/c1-4-21-7-9-23(10-8-21)19-29(20-24-6-5-17-27-18-24)26(30)16-13-22-11-14-25(15-12-22)28(2)3/h5-18H,4,19-20H2,1-3H3/b16-13+. The number of nitrogens with zero attached hydrogens (tertiary/aromatic N) is 3. The number of amides is 1. The number of benzene rings is 2. The van der Waals surface area contributed by atoms with Crippen molar-refractivity contribution in [1.82, 2.24) is 9.88 Å². The number of hydrogen-bond donors (Lipinski definition) is 0. The molecule has 1 aromatic heterocycles. The van der Waals surface area contributed by atoms with Gasteiger partial charge in [-0.15, -0.1) is 0 Å². The number of anilines is 1. The number of rotatable bonds is 8. The van der Waals surface area contributed by atoms with Gasteiger partial charge < -0.3 is 9.80 Å². The highest BCUT2D eigenvalue weighted by atomic mass is 16.2. The monoisotopic (exact) mass is 399 g/mol. The molecule has 3 aromatic rings. The van der Waals surface area contributed by atoms with E-state index in [1.165, 1.54) is 5.56 Å². The molecule has 0 bridgehead atoms. The highest BCUT2D eigenvalue weighted by molar-refractivity contribution is 5.91. The molecule has 0 radical (unpaired) electrons. The van der Waals surface area contributed by atoms with E-state index in [2.05, 4.69) is 41.1 Å². The van der Waals surface area contributed by atoms with E-state index in [4.69, 9.17) is 0 Å². The summed E-state index contributed by atoms with van der Waals surface area (Å²) in [5, 5.41) is 0. The fraction of sp³-hybridized carbons (Fsp3) is 0.231. The molecule has 4 heteroatoms. The van der Waals surface area contributed by atoms with E-state index >= 15 is 0 Å². The third-order valence-corrected chi connectivity index (χ3v) is 5.04. The zero-order valence-corrected chi connectivity index (χ0v) is 18.0. The molecule has 0 aliphatic carbocycles. The van der Waals surface area contributed by atoms with Crippen molar-refractivity contribution in [3.05, 3.63) is 101 Å². The second-order valence-corrected chi connectivity index (χ2v) is 7.54. The van der Waals surface area contributed by atoms with Crippen LogP contribution in [-0.2, 0) is 24.3 Å². The van der Waals surface area contributed by atoms with Crippen LogP contribution in [0.2, 0.25) is 0 Å². The summed E-state index contributed by atoms with van der Waals surface area (Å²) in [6, 6.07) is 20.5. The van der Waals surface area contributed by atoms with E-state index < -0.39 is 0 Å². The molecule has 1 amide bonds. The Bertz CT molecular complexity index is 961. The molecule has 2 aromatic carbocycles. The second-order valence-electron chi connectivity index (χ2n) is 7.54. The molecule has 0 saturated carbocycles. The molecule has 4 nitrogen and oxygen atoms in total. The lowest BCUT2D eigenvalue weighted by molar-refractivity contribution is -0.127. The predicted octanol–water partition coefficient (Wildman–Crippen LogP) is 4.95. The van der Waals surface area contributed by atoms with Crippen molar-refractivity contribution in [1.29, 1.82) is 0 Å². The summed E-state index contributed by atoms with van der Waals surface area (Å²) in [6.07, 6.45) is 8.09. The van der Waals surface area contributed by atoms with Gasteiger partial charge in [-0.05, 0) is 52.9 Å². The van der Waals surface area contributed by atoms with Crippen LogP contribution in [0.4, 0.5) is 5.69 Å². The first kappa shape index (κ1) is 21.3. The van der Waals surface area contributed by atoms with Crippen LogP contribution in [0.5, 0.6) is 0 Å². The topological polar surface area (TPSA) is 36.4 Å². The van der Waals surface area contributed by atoms with Crippen molar-refractivity contribution in [2.45, 2.75) is 26.4 Å². The number of hydrogen-bond acceptors (Lipinski definition) is 3. The summed E-state index contributed by atoms with van der Waals surface area (Å²) < 4.78 is 0. The minimum Gasteiger partial charge on any atom is -0.378 e. The quantitative estimate of drug-likeness (QED) is 0.503. The van der Waals surface area contributed by atoms with E-state index in [0.717, 1.165) is 28.8 Å². The van der Waals surface area contributed by atoms with E-state index in [1.807, 2.05) is 67.7 Å². The minimum atomic E-state index is -0.0184. The largest absolute Gasteiger partial charge is 0.378 e. The maximum Gasteiger partial charge on any atom is 0.247 e. The maximum absolute atomic E-state index is 13.0. The summed E-state index contributed by atoms with van der Waals surface area (Å²) >= 11 is 0. The SMILES string of the molecule is CCc1ccc(CN(Cc2cccnc2)C(=O)/C=C/c2ccc(N(C)C)cc2)cc1. The molecule has 1 heterocycles. The summed E-state index contributed by atoms with van der Waals surface area (Å²) in [6.45, 7) is 3.22. The fourth-order valence-electron chi connectivity index (χ4n) is 3.18. The molecular formula is C26H29N3O. The first-order valence-electron chi connectivity index (χ1n) is 10.3. The lowest BCUT2D eigenvalue weighted by Gasteiger charge is -2.21. The van der Waals surface area contributed by atoms with Crippen LogP contribution in [0, 0.1) is 0 Å². The molecule has 0 aliphatic heterocycles. The molecular weight excluding hydrogens is 370 g/mol. The van der Waals surface area contributed by atoms with Gasteiger partial charge in [0.1, 0.15) is 0 Å². The van der Waals surface area contributed by atoms with E-state index in [0.29, 0.717) is 13.1 Å². The van der Waals surface area contributed by atoms with Gasteiger partial charge >= 0.3 is 0 Å². The van der Waals surface area contributed by atoms with Gasteiger partial charge in [-0.1, -0.05) is 49.4 Å². The molecule has 3 rings (SSSR count). The first-order chi connectivity index (χ1) is 14.5. The number of aromatic nitrogens is 1. The Hall–Kier alpha value is -3.40. The van der Waals surface area contributed by atoms with Gasteiger partial charge in [0.2, 0.25) is 5.91 Å². The molecule has 0 saturated heterocycles. The van der Waals surface area contributed by atoms with Gasteiger partial charge in [0.05, 0.1) is 0 Å².